The lowest BCUT2D eigenvalue weighted by atomic mass is 9.79. The van der Waals surface area contributed by atoms with E-state index in [4.69, 9.17) is 11.6 Å². The minimum atomic E-state index is -0.855. The topological polar surface area (TPSA) is 20.2 Å². The molecule has 3 rings (SSSR count). The zero-order chi connectivity index (χ0) is 14.9. The minimum Gasteiger partial charge on any atom is -0.385 e. The van der Waals surface area contributed by atoms with Crippen molar-refractivity contribution in [1.29, 1.82) is 0 Å². The average Bonchev–Trinajstić information content (AvgIpc) is 2.40. The first-order valence-corrected chi connectivity index (χ1v) is 8.00. The molecule has 0 radical (unpaired) electrons. The molecule has 0 saturated heterocycles. The normalized spacial score (nSPS) is 18.0. The van der Waals surface area contributed by atoms with Crippen LogP contribution in [0.15, 0.2) is 48.5 Å². The lowest BCUT2D eigenvalue weighted by molar-refractivity contribution is 0.0576. The summed E-state index contributed by atoms with van der Waals surface area (Å²) in [7, 11) is 0. The Morgan fingerprint density at radius 3 is 2.19 bits per heavy atom. The van der Waals surface area contributed by atoms with E-state index in [0.717, 1.165) is 22.1 Å². The molecule has 1 aliphatic carbocycles. The summed E-state index contributed by atoms with van der Waals surface area (Å²) in [6, 6.07) is 16.2. The first-order valence-electron chi connectivity index (χ1n) is 7.62. The summed E-state index contributed by atoms with van der Waals surface area (Å²) >= 11 is 5.90. The molecule has 1 aliphatic rings. The van der Waals surface area contributed by atoms with Gasteiger partial charge in [0.25, 0.3) is 0 Å². The molecule has 1 atom stereocenters. The Morgan fingerprint density at radius 1 is 1.05 bits per heavy atom. The summed E-state index contributed by atoms with van der Waals surface area (Å²) in [5, 5.41) is 11.5. The van der Waals surface area contributed by atoms with Crippen molar-refractivity contribution in [2.75, 3.05) is 0 Å². The van der Waals surface area contributed by atoms with Crippen LogP contribution in [0.2, 0.25) is 5.02 Å². The summed E-state index contributed by atoms with van der Waals surface area (Å²) in [5.74, 6) is 0.736. The molecule has 1 N–H and O–H groups in total. The Hall–Kier alpha value is -1.31. The van der Waals surface area contributed by atoms with Gasteiger partial charge in [0.05, 0.1) is 5.60 Å². The fourth-order valence-corrected chi connectivity index (χ4v) is 3.08. The van der Waals surface area contributed by atoms with Gasteiger partial charge < -0.3 is 5.11 Å². The predicted molar refractivity (Wildman–Crippen MR) is 87.8 cm³/mol. The van der Waals surface area contributed by atoms with Gasteiger partial charge in [-0.3, -0.25) is 0 Å². The van der Waals surface area contributed by atoms with E-state index in [1.807, 2.05) is 31.2 Å². The second-order valence-corrected chi connectivity index (χ2v) is 6.76. The Morgan fingerprint density at radius 2 is 1.67 bits per heavy atom. The van der Waals surface area contributed by atoms with Gasteiger partial charge in [0.1, 0.15) is 0 Å². The monoisotopic (exact) mass is 300 g/mol. The highest BCUT2D eigenvalue weighted by molar-refractivity contribution is 6.30. The van der Waals surface area contributed by atoms with E-state index >= 15 is 0 Å². The summed E-state index contributed by atoms with van der Waals surface area (Å²) in [6.45, 7) is 1.87. The van der Waals surface area contributed by atoms with E-state index in [9.17, 15) is 5.11 Å². The largest absolute Gasteiger partial charge is 0.385 e. The van der Waals surface area contributed by atoms with Crippen molar-refractivity contribution in [3.63, 3.8) is 0 Å². The maximum Gasteiger partial charge on any atom is 0.0908 e. The summed E-state index contributed by atoms with van der Waals surface area (Å²) in [6.07, 6.45) is 4.55. The van der Waals surface area contributed by atoms with E-state index in [0.29, 0.717) is 6.42 Å². The molecular weight excluding hydrogens is 280 g/mol. The Balaban J connectivity index is 1.75. The highest BCUT2D eigenvalue weighted by Gasteiger charge is 2.25. The summed E-state index contributed by atoms with van der Waals surface area (Å²) < 4.78 is 0. The highest BCUT2D eigenvalue weighted by Crippen LogP contribution is 2.37. The van der Waals surface area contributed by atoms with Gasteiger partial charge in [0.2, 0.25) is 0 Å². The van der Waals surface area contributed by atoms with Gasteiger partial charge in [-0.15, -0.1) is 0 Å². The van der Waals surface area contributed by atoms with Gasteiger partial charge in [-0.25, -0.2) is 0 Å². The van der Waals surface area contributed by atoms with Gasteiger partial charge >= 0.3 is 0 Å². The van der Waals surface area contributed by atoms with Gasteiger partial charge in [0, 0.05) is 11.4 Å². The molecule has 2 heteroatoms. The number of aliphatic hydroxyl groups is 1. The number of hydrogen-bond donors (Lipinski definition) is 1. The van der Waals surface area contributed by atoms with Crippen molar-refractivity contribution >= 4 is 11.6 Å². The third-order valence-corrected chi connectivity index (χ3v) is 4.82. The molecule has 2 aromatic rings. The molecule has 0 bridgehead atoms. The van der Waals surface area contributed by atoms with Crippen LogP contribution < -0.4 is 0 Å². The molecule has 1 saturated carbocycles. The van der Waals surface area contributed by atoms with Crippen LogP contribution in [0, 0.1) is 0 Å². The van der Waals surface area contributed by atoms with Crippen LogP contribution in [0.1, 0.15) is 48.8 Å². The second kappa shape index (κ2) is 5.82. The summed E-state index contributed by atoms with van der Waals surface area (Å²) in [5.41, 5.74) is 2.62. The lowest BCUT2D eigenvalue weighted by Gasteiger charge is -2.28. The van der Waals surface area contributed by atoms with Gasteiger partial charge in [-0.05, 0) is 54.5 Å². The van der Waals surface area contributed by atoms with E-state index in [-0.39, 0.29) is 0 Å². The van der Waals surface area contributed by atoms with Crippen molar-refractivity contribution in [3.05, 3.63) is 70.2 Å². The van der Waals surface area contributed by atoms with Crippen LogP contribution in [0.25, 0.3) is 0 Å². The van der Waals surface area contributed by atoms with E-state index in [1.165, 1.54) is 24.8 Å². The van der Waals surface area contributed by atoms with Gasteiger partial charge in [-0.2, -0.15) is 0 Å². The molecule has 0 aliphatic heterocycles. The molecule has 2 aromatic carbocycles. The van der Waals surface area contributed by atoms with Crippen molar-refractivity contribution in [2.45, 2.75) is 44.1 Å². The molecule has 0 amide bonds. The summed E-state index contributed by atoms with van der Waals surface area (Å²) in [4.78, 5) is 0. The predicted octanol–water partition coefficient (Wildman–Crippen LogP) is 5.06. The number of halogens is 1. The first-order chi connectivity index (χ1) is 10.0. The maximum absolute atomic E-state index is 10.8. The van der Waals surface area contributed by atoms with Gasteiger partial charge in [0.15, 0.2) is 0 Å². The van der Waals surface area contributed by atoms with Crippen LogP contribution >= 0.6 is 11.6 Å². The zero-order valence-corrected chi connectivity index (χ0v) is 13.1. The molecule has 0 spiro atoms. The molecule has 0 aromatic heterocycles. The first kappa shape index (κ1) is 14.6. The Bertz CT molecular complexity index is 594. The Labute approximate surface area is 131 Å². The van der Waals surface area contributed by atoms with Crippen LogP contribution in [0.3, 0.4) is 0 Å². The molecule has 1 nitrogen and oxygen atoms in total. The average molecular weight is 301 g/mol. The van der Waals surface area contributed by atoms with Crippen LogP contribution in [0.4, 0.5) is 0 Å². The van der Waals surface area contributed by atoms with Crippen LogP contribution in [-0.4, -0.2) is 5.11 Å². The van der Waals surface area contributed by atoms with Crippen LogP contribution in [-0.2, 0) is 12.0 Å². The third-order valence-electron chi connectivity index (χ3n) is 4.57. The Kier molecular flexibility index (Phi) is 4.05. The van der Waals surface area contributed by atoms with E-state index in [1.54, 1.807) is 0 Å². The highest BCUT2D eigenvalue weighted by atomic mass is 35.5. The minimum absolute atomic E-state index is 0.590. The molecule has 1 unspecified atom stereocenters. The van der Waals surface area contributed by atoms with Crippen molar-refractivity contribution in [2.24, 2.45) is 0 Å². The lowest BCUT2D eigenvalue weighted by Crippen LogP contribution is -2.24. The van der Waals surface area contributed by atoms with Crippen molar-refractivity contribution < 1.29 is 5.11 Å². The molecule has 0 heterocycles. The molecule has 1 fully saturated rings. The van der Waals surface area contributed by atoms with E-state index in [2.05, 4.69) is 24.3 Å². The second-order valence-electron chi connectivity index (χ2n) is 6.33. The SMILES string of the molecule is CC(O)(Cc1ccc(Cl)cc1)c1ccc(C2CCC2)cc1. The maximum atomic E-state index is 10.8. The standard InChI is InChI=1S/C19H21ClO/c1-19(21,13-14-5-11-18(20)12-6-14)17-9-7-16(8-10-17)15-3-2-4-15/h5-12,15,21H,2-4,13H2,1H3. The van der Waals surface area contributed by atoms with E-state index < -0.39 is 5.60 Å². The number of hydrogen-bond acceptors (Lipinski definition) is 1. The van der Waals surface area contributed by atoms with Gasteiger partial charge in [-0.1, -0.05) is 54.4 Å². The fraction of sp³-hybridized carbons (Fsp3) is 0.368. The zero-order valence-electron chi connectivity index (χ0n) is 12.3. The number of benzene rings is 2. The molecular formula is C19H21ClO. The quantitative estimate of drug-likeness (QED) is 0.837. The number of rotatable bonds is 4. The third kappa shape index (κ3) is 3.30. The van der Waals surface area contributed by atoms with Crippen molar-refractivity contribution in [3.8, 4) is 0 Å². The smallest absolute Gasteiger partial charge is 0.0908 e. The fourth-order valence-electron chi connectivity index (χ4n) is 2.96. The molecule has 110 valence electrons. The van der Waals surface area contributed by atoms with Crippen molar-refractivity contribution in [1.82, 2.24) is 0 Å². The molecule has 21 heavy (non-hydrogen) atoms. The van der Waals surface area contributed by atoms with Crippen LogP contribution in [0.5, 0.6) is 0 Å².